The third-order valence-electron chi connectivity index (χ3n) is 2.68. The summed E-state index contributed by atoms with van der Waals surface area (Å²) in [6.07, 6.45) is -0.475. The van der Waals surface area contributed by atoms with Crippen LogP contribution < -0.4 is 16.4 Å². The van der Waals surface area contributed by atoms with Crippen molar-refractivity contribution in [2.75, 3.05) is 5.32 Å². The number of carbonyl (C=O) groups excluding carboxylic acids is 2. The SMILES string of the molecule is Cc1cc(C)c(NC(=O)NC(CC(N)=O)C(=O)O)c(Br)c1. The summed E-state index contributed by atoms with van der Waals surface area (Å²) in [6.45, 7) is 3.72. The van der Waals surface area contributed by atoms with E-state index in [4.69, 9.17) is 10.8 Å². The second-order valence-corrected chi connectivity index (χ2v) is 5.45. The maximum absolute atomic E-state index is 11.8. The monoisotopic (exact) mass is 357 g/mol. The number of rotatable bonds is 5. The van der Waals surface area contributed by atoms with E-state index in [2.05, 4.69) is 26.6 Å². The second kappa shape index (κ2) is 7.07. The molecule has 0 fully saturated rings. The molecule has 1 aromatic rings. The number of anilines is 1. The Morgan fingerprint density at radius 3 is 2.43 bits per heavy atom. The lowest BCUT2D eigenvalue weighted by Gasteiger charge is -2.16. The summed E-state index contributed by atoms with van der Waals surface area (Å²) < 4.78 is 0.678. The van der Waals surface area contributed by atoms with Gasteiger partial charge in [0.05, 0.1) is 12.1 Å². The van der Waals surface area contributed by atoms with Crippen molar-refractivity contribution in [3.8, 4) is 0 Å². The van der Waals surface area contributed by atoms with E-state index < -0.39 is 30.4 Å². The molecular formula is C13H16BrN3O4. The van der Waals surface area contributed by atoms with Crippen molar-refractivity contribution in [1.82, 2.24) is 5.32 Å². The molecule has 0 aliphatic rings. The van der Waals surface area contributed by atoms with Crippen LogP contribution in [0.1, 0.15) is 17.5 Å². The molecule has 0 saturated heterocycles. The lowest BCUT2D eigenvalue weighted by Crippen LogP contribution is -2.45. The van der Waals surface area contributed by atoms with Crippen LogP contribution in [0.2, 0.25) is 0 Å². The van der Waals surface area contributed by atoms with Gasteiger partial charge in [-0.3, -0.25) is 4.79 Å². The van der Waals surface area contributed by atoms with Crippen LogP contribution in [0.15, 0.2) is 16.6 Å². The van der Waals surface area contributed by atoms with Gasteiger partial charge in [-0.25, -0.2) is 9.59 Å². The Hall–Kier alpha value is -2.09. The molecule has 0 aromatic heterocycles. The van der Waals surface area contributed by atoms with Crippen LogP contribution in [0.4, 0.5) is 10.5 Å². The zero-order valence-electron chi connectivity index (χ0n) is 11.6. The number of hydrogen-bond donors (Lipinski definition) is 4. The van der Waals surface area contributed by atoms with Gasteiger partial charge in [0.25, 0.3) is 0 Å². The van der Waals surface area contributed by atoms with Crippen molar-refractivity contribution < 1.29 is 19.5 Å². The number of benzene rings is 1. The standard InChI is InChI=1S/C13H16BrN3O4/c1-6-3-7(2)11(8(14)4-6)17-13(21)16-9(12(19)20)5-10(15)18/h3-4,9H,5H2,1-2H3,(H2,15,18)(H,19,20)(H2,16,17,21). The molecule has 0 aliphatic heterocycles. The summed E-state index contributed by atoms with van der Waals surface area (Å²) in [4.78, 5) is 33.6. The van der Waals surface area contributed by atoms with Gasteiger partial charge in [-0.2, -0.15) is 0 Å². The van der Waals surface area contributed by atoms with Crippen molar-refractivity contribution in [2.24, 2.45) is 5.73 Å². The minimum Gasteiger partial charge on any atom is -0.480 e. The van der Waals surface area contributed by atoms with E-state index in [0.717, 1.165) is 11.1 Å². The largest absolute Gasteiger partial charge is 0.480 e. The molecule has 1 aromatic carbocycles. The first-order valence-corrected chi connectivity index (χ1v) is 6.85. The Kier molecular flexibility index (Phi) is 5.71. The van der Waals surface area contributed by atoms with Crippen molar-refractivity contribution in [3.63, 3.8) is 0 Å². The summed E-state index contributed by atoms with van der Waals surface area (Å²) in [7, 11) is 0. The molecule has 1 unspecified atom stereocenters. The van der Waals surface area contributed by atoms with Crippen LogP contribution in [0.5, 0.6) is 0 Å². The molecule has 0 saturated carbocycles. The van der Waals surface area contributed by atoms with Gasteiger partial charge in [0, 0.05) is 4.47 Å². The van der Waals surface area contributed by atoms with Crippen molar-refractivity contribution >= 4 is 39.5 Å². The van der Waals surface area contributed by atoms with Gasteiger partial charge in [0.1, 0.15) is 6.04 Å². The van der Waals surface area contributed by atoms with Crippen LogP contribution in [-0.2, 0) is 9.59 Å². The van der Waals surface area contributed by atoms with Crippen LogP contribution in [-0.4, -0.2) is 29.1 Å². The number of halogens is 1. The molecule has 0 bridgehead atoms. The highest BCUT2D eigenvalue weighted by Gasteiger charge is 2.22. The van der Waals surface area contributed by atoms with Crippen molar-refractivity contribution in [3.05, 3.63) is 27.7 Å². The maximum Gasteiger partial charge on any atom is 0.326 e. The van der Waals surface area contributed by atoms with Gasteiger partial charge in [0.2, 0.25) is 5.91 Å². The number of nitrogens with one attached hydrogen (secondary N) is 2. The number of carboxylic acid groups (broad SMARTS) is 1. The smallest absolute Gasteiger partial charge is 0.326 e. The molecule has 0 heterocycles. The van der Waals surface area contributed by atoms with Gasteiger partial charge in [-0.05, 0) is 47.0 Å². The molecule has 5 N–H and O–H groups in total. The van der Waals surface area contributed by atoms with Gasteiger partial charge in [-0.15, -0.1) is 0 Å². The molecule has 3 amide bonds. The number of nitrogens with two attached hydrogens (primary N) is 1. The predicted octanol–water partition coefficient (Wildman–Crippen LogP) is 1.52. The van der Waals surface area contributed by atoms with Crippen LogP contribution >= 0.6 is 15.9 Å². The molecule has 21 heavy (non-hydrogen) atoms. The topological polar surface area (TPSA) is 122 Å². The fraction of sp³-hybridized carbons (Fsp3) is 0.308. The Balaban J connectivity index is 2.82. The molecule has 8 heteroatoms. The summed E-state index contributed by atoms with van der Waals surface area (Å²) in [6, 6.07) is 1.60. The first-order chi connectivity index (χ1) is 9.70. The van der Waals surface area contributed by atoms with Gasteiger partial charge in [0.15, 0.2) is 0 Å². The Labute approximate surface area is 130 Å². The third-order valence-corrected chi connectivity index (χ3v) is 3.30. The first kappa shape index (κ1) is 17.0. The van der Waals surface area contributed by atoms with Gasteiger partial charge < -0.3 is 21.5 Å². The normalized spacial score (nSPS) is 11.6. The molecular weight excluding hydrogens is 342 g/mol. The second-order valence-electron chi connectivity index (χ2n) is 4.60. The van der Waals surface area contributed by atoms with E-state index in [9.17, 15) is 14.4 Å². The molecule has 0 radical (unpaired) electrons. The van der Waals surface area contributed by atoms with E-state index in [1.54, 1.807) is 0 Å². The van der Waals surface area contributed by atoms with Gasteiger partial charge in [-0.1, -0.05) is 6.07 Å². The molecule has 1 rings (SSSR count). The average molecular weight is 358 g/mol. The lowest BCUT2D eigenvalue weighted by molar-refractivity contribution is -0.140. The minimum absolute atomic E-state index is 0.475. The van der Waals surface area contributed by atoms with E-state index >= 15 is 0 Å². The Morgan fingerprint density at radius 2 is 1.95 bits per heavy atom. The number of carbonyl (C=O) groups is 3. The van der Waals surface area contributed by atoms with Crippen LogP contribution in [0, 0.1) is 13.8 Å². The third kappa shape index (κ3) is 5.07. The molecule has 0 spiro atoms. The summed E-state index contributed by atoms with van der Waals surface area (Å²) in [5.41, 5.74) is 7.31. The Bertz CT molecular complexity index is 566. The number of aliphatic carboxylic acids is 1. The van der Waals surface area contributed by atoms with E-state index in [1.165, 1.54) is 0 Å². The van der Waals surface area contributed by atoms with Crippen molar-refractivity contribution in [1.29, 1.82) is 0 Å². The molecule has 0 aliphatic carbocycles. The van der Waals surface area contributed by atoms with E-state index in [0.29, 0.717) is 10.2 Å². The number of urea groups is 1. The zero-order valence-corrected chi connectivity index (χ0v) is 13.2. The highest BCUT2D eigenvalue weighted by molar-refractivity contribution is 9.10. The summed E-state index contributed by atoms with van der Waals surface area (Å²) in [5.74, 6) is -2.14. The number of primary amides is 1. The lowest BCUT2D eigenvalue weighted by atomic mass is 10.1. The summed E-state index contributed by atoms with van der Waals surface area (Å²) in [5, 5.41) is 13.7. The number of aryl methyl sites for hydroxylation is 2. The van der Waals surface area contributed by atoms with Gasteiger partial charge >= 0.3 is 12.0 Å². The zero-order chi connectivity index (χ0) is 16.2. The highest BCUT2D eigenvalue weighted by atomic mass is 79.9. The van der Waals surface area contributed by atoms with Crippen LogP contribution in [0.3, 0.4) is 0 Å². The minimum atomic E-state index is -1.37. The molecule has 7 nitrogen and oxygen atoms in total. The average Bonchev–Trinajstić information content (AvgIpc) is 2.32. The van der Waals surface area contributed by atoms with Crippen LogP contribution in [0.25, 0.3) is 0 Å². The maximum atomic E-state index is 11.8. The number of amides is 3. The summed E-state index contributed by atoms with van der Waals surface area (Å²) >= 11 is 3.33. The quantitative estimate of drug-likeness (QED) is 0.637. The first-order valence-electron chi connectivity index (χ1n) is 6.06. The van der Waals surface area contributed by atoms with E-state index in [-0.39, 0.29) is 0 Å². The van der Waals surface area contributed by atoms with Crippen molar-refractivity contribution in [2.45, 2.75) is 26.3 Å². The number of hydrogen-bond acceptors (Lipinski definition) is 3. The molecule has 114 valence electrons. The molecule has 1 atom stereocenters. The Morgan fingerprint density at radius 1 is 1.33 bits per heavy atom. The predicted molar refractivity (Wildman–Crippen MR) is 81.0 cm³/mol. The fourth-order valence-corrected chi connectivity index (χ4v) is 2.56. The fourth-order valence-electron chi connectivity index (χ4n) is 1.78. The van der Waals surface area contributed by atoms with E-state index in [1.807, 2.05) is 26.0 Å². The highest BCUT2D eigenvalue weighted by Crippen LogP contribution is 2.27. The number of carboxylic acids is 1.